The molecule has 1 aliphatic heterocycles. The van der Waals surface area contributed by atoms with Crippen molar-refractivity contribution in [3.8, 4) is 11.1 Å². The standard InChI is InChI=1S/C20H26N4O/c1-15(2)23-8-10-24(11-9-23)20-21-13-19(14-22-20)18-6-4-17(5-7-18)12-16(3)25/h4-7,13-15H,8-12H2,1-3H3. The Kier molecular flexibility index (Phi) is 5.43. The first-order valence-electron chi connectivity index (χ1n) is 8.92. The molecule has 0 amide bonds. The number of carbonyl (C=O) groups excluding carboxylic acids is 1. The Balaban J connectivity index is 1.65. The number of hydrogen-bond donors (Lipinski definition) is 0. The topological polar surface area (TPSA) is 49.3 Å². The minimum absolute atomic E-state index is 0.179. The van der Waals surface area contributed by atoms with E-state index >= 15 is 0 Å². The van der Waals surface area contributed by atoms with Gasteiger partial charge < -0.3 is 4.90 Å². The smallest absolute Gasteiger partial charge is 0.225 e. The van der Waals surface area contributed by atoms with E-state index < -0.39 is 0 Å². The molecule has 0 unspecified atom stereocenters. The predicted octanol–water partition coefficient (Wildman–Crippen LogP) is 2.81. The van der Waals surface area contributed by atoms with E-state index in [2.05, 4.69) is 33.6 Å². The monoisotopic (exact) mass is 338 g/mol. The van der Waals surface area contributed by atoms with Crippen LogP contribution in [0.1, 0.15) is 26.3 Å². The summed E-state index contributed by atoms with van der Waals surface area (Å²) in [5.41, 5.74) is 3.11. The molecule has 1 aromatic carbocycles. The Morgan fingerprint density at radius 1 is 1.00 bits per heavy atom. The molecule has 0 radical (unpaired) electrons. The van der Waals surface area contributed by atoms with E-state index in [4.69, 9.17) is 0 Å². The number of anilines is 1. The number of Topliss-reactive ketones (excluding diaryl/α,β-unsaturated/α-hetero) is 1. The summed E-state index contributed by atoms with van der Waals surface area (Å²) >= 11 is 0. The Morgan fingerprint density at radius 3 is 2.12 bits per heavy atom. The Hall–Kier alpha value is -2.27. The molecule has 5 heteroatoms. The van der Waals surface area contributed by atoms with Crippen LogP contribution in [0.5, 0.6) is 0 Å². The van der Waals surface area contributed by atoms with Gasteiger partial charge in [0.05, 0.1) is 0 Å². The lowest BCUT2D eigenvalue weighted by molar-refractivity contribution is -0.116. The normalized spacial score (nSPS) is 15.6. The summed E-state index contributed by atoms with van der Waals surface area (Å²) in [7, 11) is 0. The van der Waals surface area contributed by atoms with E-state index in [-0.39, 0.29) is 5.78 Å². The summed E-state index contributed by atoms with van der Waals surface area (Å²) in [6.45, 7) is 10.1. The fourth-order valence-electron chi connectivity index (χ4n) is 3.17. The number of nitrogens with zero attached hydrogens (tertiary/aromatic N) is 4. The number of benzene rings is 1. The molecule has 1 saturated heterocycles. The molecule has 0 N–H and O–H groups in total. The van der Waals surface area contributed by atoms with Gasteiger partial charge in [-0.2, -0.15) is 0 Å². The van der Waals surface area contributed by atoms with Crippen molar-refractivity contribution in [3.63, 3.8) is 0 Å². The van der Waals surface area contributed by atoms with Gasteiger partial charge >= 0.3 is 0 Å². The molecule has 25 heavy (non-hydrogen) atoms. The lowest BCUT2D eigenvalue weighted by Crippen LogP contribution is -2.49. The van der Waals surface area contributed by atoms with Crippen molar-refractivity contribution in [3.05, 3.63) is 42.2 Å². The summed E-state index contributed by atoms with van der Waals surface area (Å²) in [4.78, 5) is 25.0. The van der Waals surface area contributed by atoms with E-state index in [9.17, 15) is 4.79 Å². The zero-order valence-corrected chi connectivity index (χ0v) is 15.3. The van der Waals surface area contributed by atoms with Crippen LogP contribution in [0, 0.1) is 0 Å². The maximum absolute atomic E-state index is 11.2. The highest BCUT2D eigenvalue weighted by molar-refractivity contribution is 5.78. The van der Waals surface area contributed by atoms with Crippen molar-refractivity contribution >= 4 is 11.7 Å². The minimum Gasteiger partial charge on any atom is -0.338 e. The molecule has 0 bridgehead atoms. The number of hydrogen-bond acceptors (Lipinski definition) is 5. The minimum atomic E-state index is 0.179. The highest BCUT2D eigenvalue weighted by Gasteiger charge is 2.20. The third-order valence-corrected chi connectivity index (χ3v) is 4.71. The molecule has 1 aliphatic rings. The summed E-state index contributed by atoms with van der Waals surface area (Å²) in [5, 5.41) is 0. The first-order valence-corrected chi connectivity index (χ1v) is 8.92. The van der Waals surface area contributed by atoms with Gasteiger partial charge in [-0.3, -0.25) is 9.69 Å². The molecule has 0 atom stereocenters. The second-order valence-corrected chi connectivity index (χ2v) is 6.96. The summed E-state index contributed by atoms with van der Waals surface area (Å²) in [6, 6.07) is 8.64. The van der Waals surface area contributed by atoms with Crippen LogP contribution in [0.3, 0.4) is 0 Å². The van der Waals surface area contributed by atoms with E-state index in [0.717, 1.165) is 48.8 Å². The van der Waals surface area contributed by atoms with Gasteiger partial charge in [-0.25, -0.2) is 9.97 Å². The molecule has 5 nitrogen and oxygen atoms in total. The van der Waals surface area contributed by atoms with E-state index in [1.54, 1.807) is 6.92 Å². The maximum Gasteiger partial charge on any atom is 0.225 e. The van der Waals surface area contributed by atoms with Crippen LogP contribution < -0.4 is 4.90 Å². The highest BCUT2D eigenvalue weighted by atomic mass is 16.1. The van der Waals surface area contributed by atoms with Crippen LogP contribution in [0.2, 0.25) is 0 Å². The zero-order valence-electron chi connectivity index (χ0n) is 15.3. The summed E-state index contributed by atoms with van der Waals surface area (Å²) in [6.07, 6.45) is 4.26. The van der Waals surface area contributed by atoms with Crippen LogP contribution in [0.4, 0.5) is 5.95 Å². The number of piperazine rings is 1. The molecule has 0 aliphatic carbocycles. The lowest BCUT2D eigenvalue weighted by Gasteiger charge is -2.36. The van der Waals surface area contributed by atoms with Crippen molar-refractivity contribution in [1.82, 2.24) is 14.9 Å². The fourth-order valence-corrected chi connectivity index (χ4v) is 3.17. The van der Waals surface area contributed by atoms with Crippen molar-refractivity contribution in [2.45, 2.75) is 33.2 Å². The zero-order chi connectivity index (χ0) is 17.8. The van der Waals surface area contributed by atoms with Crippen molar-refractivity contribution in [1.29, 1.82) is 0 Å². The van der Waals surface area contributed by atoms with Crippen molar-refractivity contribution < 1.29 is 4.79 Å². The average molecular weight is 338 g/mol. The van der Waals surface area contributed by atoms with E-state index in [0.29, 0.717) is 12.5 Å². The molecule has 3 rings (SSSR count). The van der Waals surface area contributed by atoms with E-state index in [1.165, 1.54) is 0 Å². The number of rotatable bonds is 5. The third-order valence-electron chi connectivity index (χ3n) is 4.71. The molecule has 0 saturated carbocycles. The SMILES string of the molecule is CC(=O)Cc1ccc(-c2cnc(N3CCN(C(C)C)CC3)nc2)cc1. The highest BCUT2D eigenvalue weighted by Crippen LogP contribution is 2.20. The quantitative estimate of drug-likeness (QED) is 0.839. The van der Waals surface area contributed by atoms with Gasteiger partial charge in [-0.1, -0.05) is 24.3 Å². The van der Waals surface area contributed by atoms with Crippen molar-refractivity contribution in [2.24, 2.45) is 0 Å². The van der Waals surface area contributed by atoms with Gasteiger partial charge in [0.2, 0.25) is 5.95 Å². The van der Waals surface area contributed by atoms with Crippen LogP contribution in [0.15, 0.2) is 36.7 Å². The third kappa shape index (κ3) is 4.42. The van der Waals surface area contributed by atoms with E-state index in [1.807, 2.05) is 36.7 Å². The Bertz CT molecular complexity index is 701. The molecular weight excluding hydrogens is 312 g/mol. The lowest BCUT2D eigenvalue weighted by atomic mass is 10.0. The largest absolute Gasteiger partial charge is 0.338 e. The van der Waals surface area contributed by atoms with Gasteiger partial charge in [-0.15, -0.1) is 0 Å². The molecule has 1 fully saturated rings. The molecule has 2 aromatic rings. The van der Waals surface area contributed by atoms with Crippen LogP contribution >= 0.6 is 0 Å². The first-order chi connectivity index (χ1) is 12.0. The van der Waals surface area contributed by atoms with Gasteiger partial charge in [-0.05, 0) is 31.9 Å². The molecule has 2 heterocycles. The van der Waals surface area contributed by atoms with Gasteiger partial charge in [0, 0.05) is 56.6 Å². The van der Waals surface area contributed by atoms with Crippen molar-refractivity contribution in [2.75, 3.05) is 31.1 Å². The number of aromatic nitrogens is 2. The van der Waals surface area contributed by atoms with Crippen LogP contribution in [-0.4, -0.2) is 52.9 Å². The number of carbonyl (C=O) groups is 1. The van der Waals surface area contributed by atoms with Gasteiger partial charge in [0.15, 0.2) is 0 Å². The second kappa shape index (κ2) is 7.74. The average Bonchev–Trinajstić information content (AvgIpc) is 2.62. The van der Waals surface area contributed by atoms with Gasteiger partial charge in [0.25, 0.3) is 0 Å². The summed E-state index contributed by atoms with van der Waals surface area (Å²) in [5.74, 6) is 0.985. The first kappa shape index (κ1) is 17.5. The van der Waals surface area contributed by atoms with Crippen LogP contribution in [-0.2, 0) is 11.2 Å². The molecule has 132 valence electrons. The molecular formula is C20H26N4O. The molecule has 1 aromatic heterocycles. The summed E-state index contributed by atoms with van der Waals surface area (Å²) < 4.78 is 0. The Morgan fingerprint density at radius 2 is 1.60 bits per heavy atom. The van der Waals surface area contributed by atoms with Gasteiger partial charge in [0.1, 0.15) is 5.78 Å². The maximum atomic E-state index is 11.2. The second-order valence-electron chi connectivity index (χ2n) is 6.96. The number of ketones is 1. The Labute approximate surface area is 149 Å². The molecule has 0 spiro atoms. The van der Waals surface area contributed by atoms with Crippen LogP contribution in [0.25, 0.3) is 11.1 Å². The predicted molar refractivity (Wildman–Crippen MR) is 101 cm³/mol. The fraction of sp³-hybridized carbons (Fsp3) is 0.450.